The molecule has 0 radical (unpaired) electrons. The number of hydrogen-bond acceptors (Lipinski definition) is 5. The van der Waals surface area contributed by atoms with E-state index in [9.17, 15) is 18.4 Å². The lowest BCUT2D eigenvalue weighted by atomic mass is 9.67. The minimum atomic E-state index is -0.650. The Morgan fingerprint density at radius 2 is 1.85 bits per heavy atom. The fraction of sp³-hybridized carbons (Fsp3) is 0.375. The summed E-state index contributed by atoms with van der Waals surface area (Å²) < 4.78 is 27.4. The number of hydrogen-bond donors (Lipinski definition) is 3. The first-order valence-corrected chi connectivity index (χ1v) is 14.4. The van der Waals surface area contributed by atoms with Gasteiger partial charge in [0.05, 0.1) is 5.69 Å². The van der Waals surface area contributed by atoms with Gasteiger partial charge in [0.1, 0.15) is 17.3 Å². The molecule has 0 saturated heterocycles. The Morgan fingerprint density at radius 3 is 2.56 bits per heavy atom. The number of fused-ring (bicyclic) bond motifs is 1. The molecule has 1 spiro atoms. The van der Waals surface area contributed by atoms with Crippen LogP contribution in [-0.4, -0.2) is 33.4 Å². The van der Waals surface area contributed by atoms with Gasteiger partial charge in [-0.3, -0.25) is 19.7 Å². The average Bonchev–Trinajstić information content (AvgIpc) is 3.52. The monoisotopic (exact) mass is 555 g/mol. The highest BCUT2D eigenvalue weighted by Crippen LogP contribution is 2.53. The number of aromatic amines is 1. The van der Waals surface area contributed by atoms with Crippen LogP contribution in [0.25, 0.3) is 17.2 Å². The van der Waals surface area contributed by atoms with Gasteiger partial charge in [0.2, 0.25) is 0 Å². The number of ketones is 1. The van der Waals surface area contributed by atoms with Crippen molar-refractivity contribution in [3.63, 3.8) is 0 Å². The number of carbonyl (C=O) groups is 2. The fourth-order valence-corrected chi connectivity index (χ4v) is 6.73. The number of allylic oxidation sites excluding steroid dienone is 3. The van der Waals surface area contributed by atoms with E-state index in [0.29, 0.717) is 58.4 Å². The molecule has 4 aliphatic rings. The third kappa shape index (κ3) is 4.98. The van der Waals surface area contributed by atoms with Crippen molar-refractivity contribution in [2.24, 2.45) is 11.3 Å². The first-order valence-electron chi connectivity index (χ1n) is 14.4. The predicted molar refractivity (Wildman–Crippen MR) is 151 cm³/mol. The molecule has 2 fully saturated rings. The molecule has 41 heavy (non-hydrogen) atoms. The van der Waals surface area contributed by atoms with E-state index in [0.717, 1.165) is 56.7 Å². The molecule has 3 N–H and O–H groups in total. The van der Waals surface area contributed by atoms with E-state index in [1.165, 1.54) is 12.1 Å². The molecule has 1 unspecified atom stereocenters. The third-order valence-electron chi connectivity index (χ3n) is 8.99. The van der Waals surface area contributed by atoms with Crippen LogP contribution in [0.1, 0.15) is 79.0 Å². The van der Waals surface area contributed by atoms with Gasteiger partial charge in [-0.05, 0) is 73.3 Å². The minimum absolute atomic E-state index is 0.00321. The van der Waals surface area contributed by atoms with Gasteiger partial charge >= 0.3 is 0 Å². The molecule has 1 aromatic carbocycles. The van der Waals surface area contributed by atoms with E-state index >= 15 is 0 Å². The zero-order chi connectivity index (χ0) is 28.1. The summed E-state index contributed by atoms with van der Waals surface area (Å²) in [4.78, 5) is 31.4. The topological polar surface area (TPSA) is 99.8 Å². The maximum absolute atomic E-state index is 13.8. The van der Waals surface area contributed by atoms with Crippen LogP contribution in [0, 0.1) is 23.0 Å². The number of nitrogens with zero attached hydrogens (tertiary/aromatic N) is 2. The molecule has 1 amide bonds. The Balaban J connectivity index is 1.23. The Labute approximate surface area is 236 Å². The highest BCUT2D eigenvalue weighted by atomic mass is 19.1. The van der Waals surface area contributed by atoms with E-state index in [2.05, 4.69) is 25.8 Å². The standard InChI is InChI=1S/C32H31F2N5O2/c33-21-11-20(12-22(34)13-21)19-5-6-23(35-17-19)7-8-24-27-25(14-32(15-26(27)40)9-1-2-10-32)37-30-28(24)29(38-39-30)31(41)36-16-18-3-4-18/h5-8,11-13,17-18,24H,1-4,9-10,14-16H2,(H,36,41)(H2,37,38,39)/b8-7+. The molecule has 2 saturated carbocycles. The summed E-state index contributed by atoms with van der Waals surface area (Å²) in [5, 5.41) is 13.8. The fourth-order valence-electron chi connectivity index (χ4n) is 6.73. The van der Waals surface area contributed by atoms with E-state index in [-0.39, 0.29) is 17.1 Å². The summed E-state index contributed by atoms with van der Waals surface area (Å²) in [6.07, 6.45) is 13.2. The molecule has 210 valence electrons. The highest BCUT2D eigenvalue weighted by molar-refractivity contribution is 6.03. The summed E-state index contributed by atoms with van der Waals surface area (Å²) >= 11 is 0. The molecule has 9 heteroatoms. The number of carbonyl (C=O) groups excluding carboxylic acids is 2. The first-order chi connectivity index (χ1) is 19.9. The van der Waals surface area contributed by atoms with Crippen molar-refractivity contribution in [2.45, 2.75) is 57.3 Å². The van der Waals surface area contributed by atoms with E-state index in [4.69, 9.17) is 0 Å². The molecule has 1 atom stereocenters. The number of amides is 1. The van der Waals surface area contributed by atoms with Crippen LogP contribution in [0.15, 0.2) is 53.9 Å². The van der Waals surface area contributed by atoms with E-state index in [1.54, 1.807) is 18.3 Å². The summed E-state index contributed by atoms with van der Waals surface area (Å²) in [6.45, 7) is 0.626. The van der Waals surface area contributed by atoms with Crippen LogP contribution in [-0.2, 0) is 4.79 Å². The number of pyridine rings is 1. The Hall–Kier alpha value is -4.14. The van der Waals surface area contributed by atoms with Crippen molar-refractivity contribution in [3.05, 3.63) is 82.5 Å². The number of halogens is 2. The molecule has 7 rings (SSSR count). The first kappa shape index (κ1) is 25.8. The van der Waals surface area contributed by atoms with Crippen LogP contribution in [0.2, 0.25) is 0 Å². The summed E-state index contributed by atoms with van der Waals surface area (Å²) in [6, 6.07) is 6.88. The number of nitrogens with one attached hydrogen (secondary N) is 3. The zero-order valence-electron chi connectivity index (χ0n) is 22.6. The number of Topliss-reactive ketones (excluding diaryl/α,β-unsaturated/α-hetero) is 1. The molecule has 3 aromatic rings. The van der Waals surface area contributed by atoms with Crippen LogP contribution >= 0.6 is 0 Å². The van der Waals surface area contributed by atoms with Crippen LogP contribution < -0.4 is 10.6 Å². The van der Waals surface area contributed by atoms with Crippen molar-refractivity contribution in [1.29, 1.82) is 0 Å². The lowest BCUT2D eigenvalue weighted by Crippen LogP contribution is -2.35. The van der Waals surface area contributed by atoms with E-state index in [1.807, 2.05) is 12.2 Å². The van der Waals surface area contributed by atoms with Crippen molar-refractivity contribution in [1.82, 2.24) is 20.5 Å². The summed E-state index contributed by atoms with van der Waals surface area (Å²) in [7, 11) is 0. The lowest BCUT2D eigenvalue weighted by Gasteiger charge is -2.39. The molecule has 1 aliphatic heterocycles. The Kier molecular flexibility index (Phi) is 6.32. The minimum Gasteiger partial charge on any atom is -0.350 e. The van der Waals surface area contributed by atoms with E-state index < -0.39 is 17.6 Å². The number of benzene rings is 1. The van der Waals surface area contributed by atoms with Gasteiger partial charge in [0, 0.05) is 53.5 Å². The number of H-pyrrole nitrogens is 1. The van der Waals surface area contributed by atoms with Crippen molar-refractivity contribution >= 4 is 23.6 Å². The Morgan fingerprint density at radius 1 is 1.07 bits per heavy atom. The normalized spacial score (nSPS) is 21.2. The number of rotatable bonds is 6. The molecule has 7 nitrogen and oxygen atoms in total. The molecule has 3 aliphatic carbocycles. The van der Waals surface area contributed by atoms with Crippen molar-refractivity contribution < 1.29 is 18.4 Å². The van der Waals surface area contributed by atoms with Crippen LogP contribution in [0.5, 0.6) is 0 Å². The second-order valence-corrected chi connectivity index (χ2v) is 12.0. The second kappa shape index (κ2) is 10.0. The summed E-state index contributed by atoms with van der Waals surface area (Å²) in [5.74, 6) is -0.771. The maximum atomic E-state index is 13.8. The average molecular weight is 556 g/mol. The van der Waals surface area contributed by atoms with Gasteiger partial charge < -0.3 is 10.6 Å². The summed E-state index contributed by atoms with van der Waals surface area (Å²) in [5.41, 5.74) is 4.22. The van der Waals surface area contributed by atoms with Gasteiger partial charge in [-0.25, -0.2) is 8.78 Å². The molecular formula is C32H31F2N5O2. The van der Waals surface area contributed by atoms with Gasteiger partial charge in [-0.15, -0.1) is 0 Å². The SMILES string of the molecule is O=C1CC2(CCCC2)CC2=C1C(/C=C/c1ccc(-c3cc(F)cc(F)c3)cn1)c1c(n[nH]c1C(=O)NCC1CC1)N2. The molecule has 0 bridgehead atoms. The van der Waals surface area contributed by atoms with Gasteiger partial charge in [0.25, 0.3) is 5.91 Å². The van der Waals surface area contributed by atoms with Crippen molar-refractivity contribution in [2.75, 3.05) is 11.9 Å². The zero-order valence-corrected chi connectivity index (χ0v) is 22.6. The lowest BCUT2D eigenvalue weighted by molar-refractivity contribution is -0.118. The number of aromatic nitrogens is 3. The molecular weight excluding hydrogens is 524 g/mol. The second-order valence-electron chi connectivity index (χ2n) is 12.0. The smallest absolute Gasteiger partial charge is 0.269 e. The maximum Gasteiger partial charge on any atom is 0.269 e. The third-order valence-corrected chi connectivity index (χ3v) is 8.99. The van der Waals surface area contributed by atoms with Crippen molar-refractivity contribution in [3.8, 4) is 11.1 Å². The van der Waals surface area contributed by atoms with Gasteiger partial charge in [-0.1, -0.05) is 25.0 Å². The highest BCUT2D eigenvalue weighted by Gasteiger charge is 2.46. The predicted octanol–water partition coefficient (Wildman–Crippen LogP) is 6.29. The van der Waals surface area contributed by atoms with Gasteiger partial charge in [-0.2, -0.15) is 5.10 Å². The molecule has 3 heterocycles. The quantitative estimate of drug-likeness (QED) is 0.332. The molecule has 2 aromatic heterocycles. The van der Waals surface area contributed by atoms with Crippen LogP contribution in [0.3, 0.4) is 0 Å². The Bertz CT molecular complexity index is 1580. The largest absolute Gasteiger partial charge is 0.350 e. The van der Waals surface area contributed by atoms with Gasteiger partial charge in [0.15, 0.2) is 11.6 Å². The number of anilines is 1. The van der Waals surface area contributed by atoms with Crippen LogP contribution in [0.4, 0.5) is 14.6 Å².